The molecular formula is C12H16N4O3S2. The molecule has 0 aliphatic rings. The van der Waals surface area contributed by atoms with Gasteiger partial charge in [0.15, 0.2) is 5.03 Å². The number of para-hydroxylation sites is 1. The topological polar surface area (TPSA) is 93.4 Å². The molecule has 0 fully saturated rings. The van der Waals surface area contributed by atoms with E-state index in [4.69, 9.17) is 0 Å². The van der Waals surface area contributed by atoms with Gasteiger partial charge >= 0.3 is 0 Å². The summed E-state index contributed by atoms with van der Waals surface area (Å²) < 4.78 is 44.2. The number of nitrogens with zero attached hydrogens (tertiary/aromatic N) is 3. The van der Waals surface area contributed by atoms with Gasteiger partial charge in [-0.3, -0.25) is 9.40 Å². The lowest BCUT2D eigenvalue weighted by atomic mass is 10.3. The lowest BCUT2D eigenvalue weighted by Gasteiger charge is -2.10. The fourth-order valence-electron chi connectivity index (χ4n) is 1.70. The zero-order valence-corrected chi connectivity index (χ0v) is 13.5. The SMILES string of the molecule is Cn1nccc1S(=O)(=O)Nc1ccccc1N=S(C)(C)=O. The van der Waals surface area contributed by atoms with Crippen molar-refractivity contribution < 1.29 is 12.6 Å². The van der Waals surface area contributed by atoms with Gasteiger partial charge in [-0.25, -0.2) is 4.21 Å². The highest BCUT2D eigenvalue weighted by molar-refractivity contribution is 7.93. The van der Waals surface area contributed by atoms with Crippen molar-refractivity contribution in [2.45, 2.75) is 5.03 Å². The van der Waals surface area contributed by atoms with Crippen LogP contribution in [0, 0.1) is 0 Å². The van der Waals surface area contributed by atoms with Crippen molar-refractivity contribution in [1.82, 2.24) is 9.78 Å². The number of hydrogen-bond donors (Lipinski definition) is 1. The Morgan fingerprint density at radius 3 is 2.38 bits per heavy atom. The normalized spacial score (nSPS) is 12.1. The van der Waals surface area contributed by atoms with Crippen LogP contribution >= 0.6 is 0 Å². The van der Waals surface area contributed by atoms with Crippen molar-refractivity contribution in [2.24, 2.45) is 11.4 Å². The molecule has 21 heavy (non-hydrogen) atoms. The summed E-state index contributed by atoms with van der Waals surface area (Å²) in [6.45, 7) is 0. The Morgan fingerprint density at radius 2 is 1.81 bits per heavy atom. The zero-order chi connectivity index (χ0) is 15.7. The Hall–Kier alpha value is -1.87. The second-order valence-electron chi connectivity index (χ2n) is 4.69. The Balaban J connectivity index is 2.46. The molecule has 2 rings (SSSR count). The minimum Gasteiger partial charge on any atom is -0.276 e. The van der Waals surface area contributed by atoms with Gasteiger partial charge in [-0.15, -0.1) is 0 Å². The van der Waals surface area contributed by atoms with Crippen molar-refractivity contribution in [2.75, 3.05) is 17.2 Å². The number of hydrogen-bond acceptors (Lipinski definition) is 5. The monoisotopic (exact) mass is 328 g/mol. The van der Waals surface area contributed by atoms with E-state index in [-0.39, 0.29) is 10.7 Å². The van der Waals surface area contributed by atoms with Gasteiger partial charge in [0, 0.05) is 29.3 Å². The number of aryl methyl sites for hydroxylation is 1. The molecule has 9 heteroatoms. The van der Waals surface area contributed by atoms with Crippen LogP contribution in [0.3, 0.4) is 0 Å². The van der Waals surface area contributed by atoms with Gasteiger partial charge in [0.05, 0.1) is 17.6 Å². The van der Waals surface area contributed by atoms with Crippen molar-refractivity contribution in [3.8, 4) is 0 Å². The maximum atomic E-state index is 12.3. The van der Waals surface area contributed by atoms with E-state index in [0.29, 0.717) is 5.69 Å². The van der Waals surface area contributed by atoms with Crippen LogP contribution in [0.5, 0.6) is 0 Å². The largest absolute Gasteiger partial charge is 0.279 e. The van der Waals surface area contributed by atoms with Gasteiger partial charge < -0.3 is 0 Å². The van der Waals surface area contributed by atoms with E-state index in [0.717, 1.165) is 0 Å². The molecule has 0 unspecified atom stereocenters. The summed E-state index contributed by atoms with van der Waals surface area (Å²) in [6, 6.07) is 7.94. The van der Waals surface area contributed by atoms with Crippen molar-refractivity contribution in [1.29, 1.82) is 0 Å². The molecule has 0 radical (unpaired) electrons. The Labute approximate surface area is 124 Å². The number of nitrogens with one attached hydrogen (secondary N) is 1. The minimum absolute atomic E-state index is 0.0334. The number of rotatable bonds is 4. The summed E-state index contributed by atoms with van der Waals surface area (Å²) in [5, 5.41) is 3.87. The first-order valence-corrected chi connectivity index (χ1v) is 9.77. The first-order chi connectivity index (χ1) is 9.69. The third kappa shape index (κ3) is 3.82. The molecule has 0 saturated carbocycles. The number of aromatic nitrogens is 2. The van der Waals surface area contributed by atoms with Crippen LogP contribution in [0.2, 0.25) is 0 Å². The molecule has 114 valence electrons. The Bertz CT molecular complexity index is 869. The molecule has 0 bridgehead atoms. The van der Waals surface area contributed by atoms with Crippen molar-refractivity contribution >= 4 is 31.1 Å². The molecule has 0 amide bonds. The molecule has 0 spiro atoms. The van der Waals surface area contributed by atoms with Crippen molar-refractivity contribution in [3.63, 3.8) is 0 Å². The van der Waals surface area contributed by atoms with E-state index in [1.165, 1.54) is 36.5 Å². The van der Waals surface area contributed by atoms with E-state index < -0.39 is 19.8 Å². The van der Waals surface area contributed by atoms with Crippen LogP contribution in [0.15, 0.2) is 45.9 Å². The van der Waals surface area contributed by atoms with Gasteiger partial charge in [0.1, 0.15) is 0 Å². The maximum Gasteiger partial charge on any atom is 0.279 e. The summed E-state index contributed by atoms with van der Waals surface area (Å²) in [7, 11) is -4.64. The lowest BCUT2D eigenvalue weighted by Crippen LogP contribution is -2.16. The Morgan fingerprint density at radius 1 is 1.14 bits per heavy atom. The quantitative estimate of drug-likeness (QED) is 0.922. The van der Waals surface area contributed by atoms with Gasteiger partial charge in [0.2, 0.25) is 0 Å². The minimum atomic E-state index is -3.78. The van der Waals surface area contributed by atoms with Crippen LogP contribution in [0.4, 0.5) is 11.4 Å². The zero-order valence-electron chi connectivity index (χ0n) is 11.8. The smallest absolute Gasteiger partial charge is 0.276 e. The summed E-state index contributed by atoms with van der Waals surface area (Å²) in [6.07, 6.45) is 4.37. The summed E-state index contributed by atoms with van der Waals surface area (Å²) in [5.41, 5.74) is 0.605. The molecule has 7 nitrogen and oxygen atoms in total. The fourth-order valence-corrected chi connectivity index (χ4v) is 3.53. The highest BCUT2D eigenvalue weighted by Crippen LogP contribution is 2.27. The highest BCUT2D eigenvalue weighted by Gasteiger charge is 2.19. The predicted molar refractivity (Wildman–Crippen MR) is 82.5 cm³/mol. The lowest BCUT2D eigenvalue weighted by molar-refractivity contribution is 0.582. The summed E-state index contributed by atoms with van der Waals surface area (Å²) in [5.74, 6) is 0. The maximum absolute atomic E-state index is 12.3. The van der Waals surface area contributed by atoms with Crippen LogP contribution in [0.1, 0.15) is 0 Å². The molecule has 2 aromatic rings. The molecule has 0 saturated heterocycles. The van der Waals surface area contributed by atoms with E-state index in [1.807, 2.05) is 0 Å². The molecule has 0 atom stereocenters. The predicted octanol–water partition coefficient (Wildman–Crippen LogP) is 1.58. The van der Waals surface area contributed by atoms with Crippen LogP contribution in [-0.4, -0.2) is 34.9 Å². The molecule has 0 aliphatic carbocycles. The Kier molecular flexibility index (Phi) is 4.06. The van der Waals surface area contributed by atoms with E-state index in [2.05, 4.69) is 14.2 Å². The van der Waals surface area contributed by atoms with E-state index >= 15 is 0 Å². The fraction of sp³-hybridized carbons (Fsp3) is 0.250. The second-order valence-corrected chi connectivity index (χ2v) is 8.86. The van der Waals surface area contributed by atoms with Crippen LogP contribution < -0.4 is 4.72 Å². The third-order valence-corrected chi connectivity index (χ3v) is 4.59. The average molecular weight is 328 g/mol. The summed E-state index contributed by atoms with van der Waals surface area (Å²) >= 11 is 0. The first kappa shape index (κ1) is 15.5. The van der Waals surface area contributed by atoms with Crippen LogP contribution in [-0.2, 0) is 26.8 Å². The van der Waals surface area contributed by atoms with Gasteiger partial charge in [-0.1, -0.05) is 12.1 Å². The number of anilines is 1. The molecule has 1 N–H and O–H groups in total. The van der Waals surface area contributed by atoms with Crippen molar-refractivity contribution in [3.05, 3.63) is 36.5 Å². The molecular weight excluding hydrogens is 312 g/mol. The molecule has 1 heterocycles. The average Bonchev–Trinajstić information content (AvgIpc) is 2.77. The molecule has 1 aromatic heterocycles. The number of benzene rings is 1. The van der Waals surface area contributed by atoms with Crippen LogP contribution in [0.25, 0.3) is 0 Å². The second kappa shape index (κ2) is 5.49. The van der Waals surface area contributed by atoms with Gasteiger partial charge in [-0.2, -0.15) is 17.9 Å². The highest BCUT2D eigenvalue weighted by atomic mass is 32.2. The summed E-state index contributed by atoms with van der Waals surface area (Å²) in [4.78, 5) is 0. The first-order valence-electron chi connectivity index (χ1n) is 5.96. The van der Waals surface area contributed by atoms with Gasteiger partial charge in [-0.05, 0) is 18.2 Å². The van der Waals surface area contributed by atoms with E-state index in [1.54, 1.807) is 24.3 Å². The standard InChI is InChI=1S/C12H16N4O3S2/c1-16-12(8-9-13-16)21(18,19)15-11-7-5-4-6-10(11)14-20(2,3)17/h4-9,15H,1-3H3. The van der Waals surface area contributed by atoms with Gasteiger partial charge in [0.25, 0.3) is 10.0 Å². The third-order valence-electron chi connectivity index (χ3n) is 2.52. The van der Waals surface area contributed by atoms with E-state index in [9.17, 15) is 12.6 Å². The molecule has 1 aromatic carbocycles. The number of sulfonamides is 1. The molecule has 0 aliphatic heterocycles.